The minimum atomic E-state index is -3.53. The van der Waals surface area contributed by atoms with Crippen molar-refractivity contribution in [2.24, 2.45) is 5.41 Å². The fourth-order valence-corrected chi connectivity index (χ4v) is 4.26. The van der Waals surface area contributed by atoms with Crippen molar-refractivity contribution in [1.29, 1.82) is 0 Å². The van der Waals surface area contributed by atoms with Crippen LogP contribution in [0.5, 0.6) is 5.75 Å². The van der Waals surface area contributed by atoms with Gasteiger partial charge in [0.25, 0.3) is 0 Å². The molecule has 1 atom stereocenters. The van der Waals surface area contributed by atoms with Gasteiger partial charge in [0.05, 0.1) is 17.0 Å². The maximum absolute atomic E-state index is 12.3. The van der Waals surface area contributed by atoms with Gasteiger partial charge in [-0.1, -0.05) is 25.4 Å². The highest BCUT2D eigenvalue weighted by Gasteiger charge is 2.33. The van der Waals surface area contributed by atoms with Gasteiger partial charge < -0.3 is 4.74 Å². The van der Waals surface area contributed by atoms with Gasteiger partial charge in [0.1, 0.15) is 5.75 Å². The quantitative estimate of drug-likeness (QED) is 0.927. The topological polar surface area (TPSA) is 55.4 Å². The Bertz CT molecular complexity index is 598. The highest BCUT2D eigenvalue weighted by Crippen LogP contribution is 2.37. The van der Waals surface area contributed by atoms with E-state index in [1.165, 1.54) is 19.2 Å². The van der Waals surface area contributed by atoms with E-state index in [2.05, 4.69) is 18.6 Å². The van der Waals surface area contributed by atoms with Gasteiger partial charge in [-0.25, -0.2) is 13.1 Å². The normalized spacial score (nSPS) is 21.9. The molecule has 1 saturated carbocycles. The second kappa shape index (κ2) is 5.54. The maximum atomic E-state index is 12.3. The molecule has 1 aliphatic carbocycles. The van der Waals surface area contributed by atoms with Crippen molar-refractivity contribution in [2.45, 2.75) is 44.0 Å². The van der Waals surface area contributed by atoms with Crippen LogP contribution >= 0.6 is 11.6 Å². The molecule has 0 saturated heterocycles. The minimum absolute atomic E-state index is 0.00382. The molecule has 6 heteroatoms. The molecule has 1 unspecified atom stereocenters. The number of rotatable bonds is 4. The first-order valence-corrected chi connectivity index (χ1v) is 8.45. The highest BCUT2D eigenvalue weighted by molar-refractivity contribution is 7.89. The van der Waals surface area contributed by atoms with Gasteiger partial charge in [0.15, 0.2) is 0 Å². The van der Waals surface area contributed by atoms with Crippen molar-refractivity contribution < 1.29 is 13.2 Å². The van der Waals surface area contributed by atoms with Crippen molar-refractivity contribution in [1.82, 2.24) is 4.72 Å². The molecule has 1 fully saturated rings. The summed E-state index contributed by atoms with van der Waals surface area (Å²) >= 11 is 5.98. The second-order valence-corrected chi connectivity index (χ2v) is 8.14. The molecule has 1 aromatic carbocycles. The summed E-state index contributed by atoms with van der Waals surface area (Å²) in [4.78, 5) is 0.174. The summed E-state index contributed by atoms with van der Waals surface area (Å²) in [7, 11) is -2.04. The van der Waals surface area contributed by atoms with Crippen molar-refractivity contribution in [2.75, 3.05) is 7.11 Å². The number of ether oxygens (including phenoxy) is 1. The Balaban J connectivity index is 2.17. The van der Waals surface area contributed by atoms with Crippen LogP contribution in [0.4, 0.5) is 0 Å². The lowest BCUT2D eigenvalue weighted by Gasteiger charge is -2.18. The molecular formula is C14H20ClNO3S. The number of halogens is 1. The molecule has 0 aromatic heterocycles. The molecule has 0 radical (unpaired) electrons. The zero-order chi connectivity index (χ0) is 15.0. The number of nitrogens with one attached hydrogen (secondary N) is 1. The standard InChI is InChI=1S/C14H20ClNO3S/c1-14(2)7-6-10(9-14)16-20(17,18)11-4-5-13(19-3)12(15)8-11/h4-5,8,10,16H,6-7,9H2,1-3H3. The molecule has 112 valence electrons. The van der Waals surface area contributed by atoms with Crippen LogP contribution in [-0.4, -0.2) is 21.6 Å². The van der Waals surface area contributed by atoms with Crippen LogP contribution in [0.2, 0.25) is 5.02 Å². The number of sulfonamides is 1. The second-order valence-electron chi connectivity index (χ2n) is 6.02. The molecule has 20 heavy (non-hydrogen) atoms. The van der Waals surface area contributed by atoms with E-state index >= 15 is 0 Å². The molecule has 2 rings (SSSR count). The molecular weight excluding hydrogens is 298 g/mol. The fourth-order valence-electron chi connectivity index (χ4n) is 2.64. The van der Waals surface area contributed by atoms with Crippen LogP contribution in [0.3, 0.4) is 0 Å². The van der Waals surface area contributed by atoms with Crippen molar-refractivity contribution in [3.05, 3.63) is 23.2 Å². The molecule has 1 N–H and O–H groups in total. The zero-order valence-corrected chi connectivity index (χ0v) is 13.5. The summed E-state index contributed by atoms with van der Waals surface area (Å²) < 4.78 is 32.5. The first kappa shape index (κ1) is 15.6. The Kier molecular flexibility index (Phi) is 4.33. The Morgan fingerprint density at radius 2 is 2.10 bits per heavy atom. The van der Waals surface area contributed by atoms with Crippen LogP contribution < -0.4 is 9.46 Å². The molecule has 1 aliphatic rings. The van der Waals surface area contributed by atoms with Gasteiger partial charge in [0, 0.05) is 6.04 Å². The van der Waals surface area contributed by atoms with Crippen LogP contribution in [0, 0.1) is 5.41 Å². The zero-order valence-electron chi connectivity index (χ0n) is 11.9. The average Bonchev–Trinajstić information content (AvgIpc) is 2.67. The van der Waals surface area contributed by atoms with Gasteiger partial charge in [-0.05, 0) is 42.9 Å². The Hall–Kier alpha value is -0.780. The Morgan fingerprint density at radius 1 is 1.40 bits per heavy atom. The fraction of sp³-hybridized carbons (Fsp3) is 0.571. The largest absolute Gasteiger partial charge is 0.495 e. The summed E-state index contributed by atoms with van der Waals surface area (Å²) in [6, 6.07) is 4.49. The lowest BCUT2D eigenvalue weighted by molar-refractivity contribution is 0.372. The highest BCUT2D eigenvalue weighted by atomic mass is 35.5. The van der Waals surface area contributed by atoms with Crippen molar-refractivity contribution in [3.8, 4) is 5.75 Å². The van der Waals surface area contributed by atoms with E-state index in [9.17, 15) is 8.42 Å². The number of hydrogen-bond acceptors (Lipinski definition) is 3. The van der Waals surface area contributed by atoms with Crippen LogP contribution in [-0.2, 0) is 10.0 Å². The maximum Gasteiger partial charge on any atom is 0.240 e. The first-order valence-electron chi connectivity index (χ1n) is 6.59. The molecule has 0 spiro atoms. The lowest BCUT2D eigenvalue weighted by atomic mass is 9.92. The molecule has 0 bridgehead atoms. The van der Waals surface area contributed by atoms with E-state index in [1.54, 1.807) is 6.07 Å². The van der Waals surface area contributed by atoms with E-state index in [0.29, 0.717) is 10.8 Å². The van der Waals surface area contributed by atoms with E-state index < -0.39 is 10.0 Å². The predicted octanol–water partition coefficient (Wildman–Crippen LogP) is 3.21. The van der Waals surface area contributed by atoms with Gasteiger partial charge in [-0.3, -0.25) is 0 Å². The SMILES string of the molecule is COc1ccc(S(=O)(=O)NC2CCC(C)(C)C2)cc1Cl. The number of methoxy groups -OCH3 is 1. The smallest absolute Gasteiger partial charge is 0.240 e. The van der Waals surface area contributed by atoms with Gasteiger partial charge in [-0.2, -0.15) is 0 Å². The molecule has 4 nitrogen and oxygen atoms in total. The van der Waals surface area contributed by atoms with Crippen molar-refractivity contribution in [3.63, 3.8) is 0 Å². The number of hydrogen-bond donors (Lipinski definition) is 1. The number of benzene rings is 1. The minimum Gasteiger partial charge on any atom is -0.495 e. The lowest BCUT2D eigenvalue weighted by Crippen LogP contribution is -2.33. The van der Waals surface area contributed by atoms with Crippen LogP contribution in [0.15, 0.2) is 23.1 Å². The molecule has 0 amide bonds. The van der Waals surface area contributed by atoms with Gasteiger partial charge in [-0.15, -0.1) is 0 Å². The third-order valence-electron chi connectivity index (χ3n) is 3.72. The Morgan fingerprint density at radius 3 is 2.60 bits per heavy atom. The molecule has 0 heterocycles. The van der Waals surface area contributed by atoms with E-state index in [4.69, 9.17) is 16.3 Å². The van der Waals surface area contributed by atoms with Crippen LogP contribution in [0.25, 0.3) is 0 Å². The van der Waals surface area contributed by atoms with E-state index in [1.807, 2.05) is 0 Å². The van der Waals surface area contributed by atoms with Crippen LogP contribution in [0.1, 0.15) is 33.1 Å². The van der Waals surface area contributed by atoms with E-state index in [-0.39, 0.29) is 16.4 Å². The van der Waals surface area contributed by atoms with Gasteiger partial charge in [0.2, 0.25) is 10.0 Å². The first-order chi connectivity index (χ1) is 9.23. The summed E-state index contributed by atoms with van der Waals surface area (Å²) in [5.41, 5.74) is 0.199. The third kappa shape index (κ3) is 3.45. The summed E-state index contributed by atoms with van der Waals surface area (Å²) in [6.07, 6.45) is 2.76. The average molecular weight is 318 g/mol. The van der Waals surface area contributed by atoms with Crippen molar-refractivity contribution >= 4 is 21.6 Å². The molecule has 0 aliphatic heterocycles. The Labute approximate surface area is 125 Å². The summed E-state index contributed by atoms with van der Waals surface area (Å²) in [5.74, 6) is 0.465. The summed E-state index contributed by atoms with van der Waals surface area (Å²) in [6.45, 7) is 4.32. The van der Waals surface area contributed by atoms with Gasteiger partial charge >= 0.3 is 0 Å². The summed E-state index contributed by atoms with van der Waals surface area (Å²) in [5, 5.41) is 0.294. The predicted molar refractivity (Wildman–Crippen MR) is 79.7 cm³/mol. The monoisotopic (exact) mass is 317 g/mol. The third-order valence-corrected chi connectivity index (χ3v) is 5.54. The van der Waals surface area contributed by atoms with E-state index in [0.717, 1.165) is 19.3 Å². The molecule has 1 aromatic rings.